The number of hydrogen-bond donors (Lipinski definition) is 1. The summed E-state index contributed by atoms with van der Waals surface area (Å²) in [7, 11) is 1.83. The Morgan fingerprint density at radius 2 is 1.86 bits per heavy atom. The highest BCUT2D eigenvalue weighted by molar-refractivity contribution is 5.84. The van der Waals surface area contributed by atoms with Crippen molar-refractivity contribution in [2.24, 2.45) is 11.8 Å². The molecule has 3 saturated heterocycles. The second kappa shape index (κ2) is 8.64. The maximum absolute atomic E-state index is 13.2. The summed E-state index contributed by atoms with van der Waals surface area (Å²) in [6.45, 7) is 3.22. The molecule has 4 atom stereocenters. The maximum atomic E-state index is 13.2. The molecule has 28 heavy (non-hydrogen) atoms. The average molecular weight is 384 g/mol. The second-order valence-electron chi connectivity index (χ2n) is 8.75. The van der Waals surface area contributed by atoms with Gasteiger partial charge in [-0.05, 0) is 56.7 Å². The molecule has 5 nitrogen and oxygen atoms in total. The number of carbonyl (C=O) groups is 2. The van der Waals surface area contributed by atoms with Crippen LogP contribution in [0.5, 0.6) is 0 Å². The van der Waals surface area contributed by atoms with E-state index in [-0.39, 0.29) is 23.8 Å². The monoisotopic (exact) mass is 383 g/mol. The van der Waals surface area contributed by atoms with Crippen LogP contribution in [0, 0.1) is 11.8 Å². The SMILES string of the molecule is CN1C(=O)CC[C@@H](C(=O)NC[C@@H]2CCCN3CCCC[C@H]23)[C@@H]1c1ccccc1. The van der Waals surface area contributed by atoms with Crippen LogP contribution in [0.1, 0.15) is 56.6 Å². The molecule has 0 spiro atoms. The average Bonchev–Trinajstić information content (AvgIpc) is 2.74. The van der Waals surface area contributed by atoms with Gasteiger partial charge >= 0.3 is 0 Å². The van der Waals surface area contributed by atoms with Gasteiger partial charge in [-0.15, -0.1) is 0 Å². The Morgan fingerprint density at radius 3 is 2.68 bits per heavy atom. The van der Waals surface area contributed by atoms with E-state index < -0.39 is 0 Å². The van der Waals surface area contributed by atoms with E-state index in [2.05, 4.69) is 10.2 Å². The third-order valence-electron chi connectivity index (χ3n) is 7.11. The molecule has 0 aromatic heterocycles. The number of nitrogens with one attached hydrogen (secondary N) is 1. The molecule has 3 heterocycles. The minimum absolute atomic E-state index is 0.112. The fraction of sp³-hybridized carbons (Fsp3) is 0.652. The Bertz CT molecular complexity index is 690. The van der Waals surface area contributed by atoms with E-state index in [0.717, 1.165) is 12.1 Å². The number of likely N-dealkylation sites (tertiary alicyclic amines) is 1. The standard InChI is InChI=1S/C23H33N3O2/c1-25-21(27)13-12-19(22(25)17-8-3-2-4-9-17)23(28)24-16-18-10-7-15-26-14-6-5-11-20(18)26/h2-4,8-9,18-20,22H,5-7,10-16H2,1H3,(H,24,28)/t18-,19+,20+,22-/m0/s1. The van der Waals surface area contributed by atoms with Crippen LogP contribution in [0.25, 0.3) is 0 Å². The molecule has 1 N–H and O–H groups in total. The predicted octanol–water partition coefficient (Wildman–Crippen LogP) is 2.98. The lowest BCUT2D eigenvalue weighted by atomic mass is 9.82. The molecule has 0 radical (unpaired) electrons. The summed E-state index contributed by atoms with van der Waals surface area (Å²) in [5.41, 5.74) is 1.05. The molecule has 3 fully saturated rings. The molecule has 1 aromatic carbocycles. The van der Waals surface area contributed by atoms with Crippen molar-refractivity contribution in [2.75, 3.05) is 26.7 Å². The van der Waals surface area contributed by atoms with Crippen molar-refractivity contribution in [3.63, 3.8) is 0 Å². The Labute approximate surface area is 168 Å². The van der Waals surface area contributed by atoms with E-state index in [9.17, 15) is 9.59 Å². The molecule has 1 aromatic rings. The smallest absolute Gasteiger partial charge is 0.225 e. The van der Waals surface area contributed by atoms with Crippen molar-refractivity contribution in [2.45, 2.75) is 57.0 Å². The third-order valence-corrected chi connectivity index (χ3v) is 7.11. The minimum Gasteiger partial charge on any atom is -0.355 e. The largest absolute Gasteiger partial charge is 0.355 e. The third kappa shape index (κ3) is 3.95. The van der Waals surface area contributed by atoms with E-state index >= 15 is 0 Å². The highest BCUT2D eigenvalue weighted by Crippen LogP contribution is 2.36. The lowest BCUT2D eigenvalue weighted by Crippen LogP contribution is -2.52. The van der Waals surface area contributed by atoms with Crippen molar-refractivity contribution in [3.05, 3.63) is 35.9 Å². The molecule has 0 unspecified atom stereocenters. The van der Waals surface area contributed by atoms with Crippen LogP contribution in [-0.4, -0.2) is 54.3 Å². The first kappa shape index (κ1) is 19.4. The predicted molar refractivity (Wildman–Crippen MR) is 110 cm³/mol. The summed E-state index contributed by atoms with van der Waals surface area (Å²) in [6, 6.07) is 10.5. The van der Waals surface area contributed by atoms with E-state index in [1.54, 1.807) is 4.90 Å². The highest BCUT2D eigenvalue weighted by atomic mass is 16.2. The van der Waals surface area contributed by atoms with Crippen LogP contribution in [0.4, 0.5) is 0 Å². The van der Waals surface area contributed by atoms with Gasteiger partial charge in [-0.25, -0.2) is 0 Å². The summed E-state index contributed by atoms with van der Waals surface area (Å²) in [6.07, 6.45) is 7.45. The van der Waals surface area contributed by atoms with Gasteiger partial charge < -0.3 is 15.1 Å². The van der Waals surface area contributed by atoms with Gasteiger partial charge in [-0.3, -0.25) is 9.59 Å². The molecule has 0 bridgehead atoms. The van der Waals surface area contributed by atoms with Crippen molar-refractivity contribution in [3.8, 4) is 0 Å². The van der Waals surface area contributed by atoms with Gasteiger partial charge in [0.25, 0.3) is 0 Å². The normalized spacial score (nSPS) is 31.3. The molecule has 3 aliphatic rings. The maximum Gasteiger partial charge on any atom is 0.225 e. The van der Waals surface area contributed by atoms with Gasteiger partial charge in [0, 0.05) is 26.1 Å². The zero-order valence-electron chi connectivity index (χ0n) is 17.0. The number of piperidine rings is 3. The minimum atomic E-state index is -0.170. The Hall–Kier alpha value is -1.88. The first-order valence-electron chi connectivity index (χ1n) is 11.0. The molecule has 3 aliphatic heterocycles. The van der Waals surface area contributed by atoms with Gasteiger partial charge in [0.05, 0.1) is 12.0 Å². The van der Waals surface area contributed by atoms with Crippen LogP contribution < -0.4 is 5.32 Å². The van der Waals surface area contributed by atoms with Gasteiger partial charge in [0.15, 0.2) is 0 Å². The number of amides is 2. The number of fused-ring (bicyclic) bond motifs is 1. The zero-order chi connectivity index (χ0) is 19.5. The summed E-state index contributed by atoms with van der Waals surface area (Å²) in [5, 5.41) is 3.29. The fourth-order valence-electron chi connectivity index (χ4n) is 5.60. The fourth-order valence-corrected chi connectivity index (χ4v) is 5.60. The van der Waals surface area contributed by atoms with Gasteiger partial charge in [-0.2, -0.15) is 0 Å². The number of hydrogen-bond acceptors (Lipinski definition) is 3. The quantitative estimate of drug-likeness (QED) is 0.870. The van der Waals surface area contributed by atoms with Gasteiger partial charge in [-0.1, -0.05) is 36.8 Å². The summed E-state index contributed by atoms with van der Waals surface area (Å²) < 4.78 is 0. The lowest BCUT2D eigenvalue weighted by molar-refractivity contribution is -0.141. The Kier molecular flexibility index (Phi) is 6.00. The van der Waals surface area contributed by atoms with Crippen LogP contribution in [0.15, 0.2) is 30.3 Å². The number of benzene rings is 1. The molecule has 5 heteroatoms. The van der Waals surface area contributed by atoms with E-state index in [1.807, 2.05) is 37.4 Å². The number of carbonyl (C=O) groups excluding carboxylic acids is 2. The molecule has 0 saturated carbocycles. The molecular formula is C23H33N3O2. The lowest BCUT2D eigenvalue weighted by Gasteiger charge is -2.44. The summed E-state index contributed by atoms with van der Waals surface area (Å²) in [4.78, 5) is 29.9. The van der Waals surface area contributed by atoms with E-state index in [0.29, 0.717) is 24.8 Å². The van der Waals surface area contributed by atoms with Crippen LogP contribution in [0.2, 0.25) is 0 Å². The highest BCUT2D eigenvalue weighted by Gasteiger charge is 2.39. The zero-order valence-corrected chi connectivity index (χ0v) is 17.0. The second-order valence-corrected chi connectivity index (χ2v) is 8.75. The summed E-state index contributed by atoms with van der Waals surface area (Å²) >= 11 is 0. The molecule has 0 aliphatic carbocycles. The topological polar surface area (TPSA) is 52.7 Å². The van der Waals surface area contributed by atoms with E-state index in [4.69, 9.17) is 0 Å². The van der Waals surface area contributed by atoms with Gasteiger partial charge in [0.2, 0.25) is 11.8 Å². The molecule has 2 amide bonds. The molecule has 4 rings (SSSR count). The first-order valence-corrected chi connectivity index (χ1v) is 11.0. The number of rotatable bonds is 4. The van der Waals surface area contributed by atoms with Gasteiger partial charge in [0.1, 0.15) is 0 Å². The van der Waals surface area contributed by atoms with Crippen LogP contribution in [0.3, 0.4) is 0 Å². The molecular weight excluding hydrogens is 350 g/mol. The van der Waals surface area contributed by atoms with Crippen molar-refractivity contribution in [1.29, 1.82) is 0 Å². The Morgan fingerprint density at radius 1 is 1.07 bits per heavy atom. The van der Waals surface area contributed by atoms with Crippen molar-refractivity contribution >= 4 is 11.8 Å². The van der Waals surface area contributed by atoms with Crippen molar-refractivity contribution < 1.29 is 9.59 Å². The summed E-state index contributed by atoms with van der Waals surface area (Å²) in [5.74, 6) is 0.636. The van der Waals surface area contributed by atoms with Crippen LogP contribution >= 0.6 is 0 Å². The molecule has 152 valence electrons. The van der Waals surface area contributed by atoms with Crippen molar-refractivity contribution in [1.82, 2.24) is 15.1 Å². The van der Waals surface area contributed by atoms with E-state index in [1.165, 1.54) is 45.2 Å². The van der Waals surface area contributed by atoms with Crippen LogP contribution in [-0.2, 0) is 9.59 Å². The first-order chi connectivity index (χ1) is 13.6. The number of nitrogens with zero attached hydrogens (tertiary/aromatic N) is 2. The Balaban J connectivity index is 1.43.